The summed E-state index contributed by atoms with van der Waals surface area (Å²) in [6, 6.07) is 0. The molecule has 4 aliphatic heterocycles. The molecule has 4 saturated heterocycles. The van der Waals surface area contributed by atoms with Gasteiger partial charge < -0.3 is 120 Å². The van der Waals surface area contributed by atoms with Crippen molar-refractivity contribution in [3.8, 4) is 0 Å². The average Bonchev–Trinajstić information content (AvgIpc) is 3.88. The molecule has 7 fully saturated rings. The lowest BCUT2D eigenvalue weighted by atomic mass is 9.38. The molecule has 0 amide bonds. The van der Waals surface area contributed by atoms with E-state index in [0.29, 0.717) is 32.1 Å². The summed E-state index contributed by atoms with van der Waals surface area (Å²) in [6.07, 6.45) is -30.3. The number of ether oxygens (including phenoxy) is 8. The largest absolute Gasteiger partial charge is 0.394 e. The Morgan fingerprint density at radius 3 is 1.66 bits per heavy atom. The van der Waals surface area contributed by atoms with Crippen LogP contribution in [0.5, 0.6) is 0 Å². The van der Waals surface area contributed by atoms with Gasteiger partial charge in [-0.3, -0.25) is 4.79 Å². The Labute approximate surface area is 459 Å². The highest BCUT2D eigenvalue weighted by molar-refractivity contribution is 5.95. The molecule has 4 aliphatic carbocycles. The van der Waals surface area contributed by atoms with Crippen LogP contribution in [0.25, 0.3) is 0 Å². The Morgan fingerprint density at radius 2 is 1.10 bits per heavy atom. The van der Waals surface area contributed by atoms with Crippen molar-refractivity contribution in [1.29, 1.82) is 0 Å². The van der Waals surface area contributed by atoms with Crippen LogP contribution in [-0.2, 0) is 42.7 Å². The van der Waals surface area contributed by atoms with Gasteiger partial charge in [0.1, 0.15) is 97.7 Å². The fourth-order valence-electron chi connectivity index (χ4n) is 15.4. The second-order valence-corrected chi connectivity index (χ2v) is 25.9. The van der Waals surface area contributed by atoms with Gasteiger partial charge in [0.15, 0.2) is 30.9 Å². The molecular formula is C54H90O25. The summed E-state index contributed by atoms with van der Waals surface area (Å²) >= 11 is 0. The van der Waals surface area contributed by atoms with E-state index in [1.807, 2.05) is 20.8 Å². The van der Waals surface area contributed by atoms with Gasteiger partial charge in [-0.1, -0.05) is 47.1 Å². The Kier molecular flexibility index (Phi) is 19.1. The van der Waals surface area contributed by atoms with E-state index in [-0.39, 0.29) is 30.0 Å². The Hall–Kier alpha value is -1.55. The van der Waals surface area contributed by atoms with Crippen molar-refractivity contribution < 1.29 is 124 Å². The summed E-state index contributed by atoms with van der Waals surface area (Å²) in [7, 11) is 0. The molecule has 0 spiro atoms. The third-order valence-electron chi connectivity index (χ3n) is 20.5. The molecule has 0 aromatic carbocycles. The number of allylic oxidation sites excluding steroid dienone is 1. The van der Waals surface area contributed by atoms with Crippen molar-refractivity contribution in [2.24, 2.45) is 45.3 Å². The molecule has 8 aliphatic rings. The number of aliphatic hydroxyl groups excluding tert-OH is 15. The van der Waals surface area contributed by atoms with Crippen LogP contribution >= 0.6 is 0 Å². The Bertz CT molecular complexity index is 2110. The minimum atomic E-state index is -1.88. The monoisotopic (exact) mass is 1140 g/mol. The van der Waals surface area contributed by atoms with Crippen LogP contribution in [0.15, 0.2) is 11.6 Å². The molecule has 3 saturated carbocycles. The lowest BCUT2D eigenvalue weighted by molar-refractivity contribution is -0.375. The first-order chi connectivity index (χ1) is 36.8. The van der Waals surface area contributed by atoms with Crippen LogP contribution in [0.2, 0.25) is 0 Å². The summed E-state index contributed by atoms with van der Waals surface area (Å²) in [4.78, 5) is 15.1. The topological polar surface area (TPSA) is 415 Å². The lowest BCUT2D eigenvalue weighted by Gasteiger charge is -2.66. The molecule has 30 atom stereocenters. The smallest absolute Gasteiger partial charge is 0.187 e. The number of carbonyl (C=O) groups is 1. The fourth-order valence-corrected chi connectivity index (χ4v) is 15.4. The average molecular weight is 1140 g/mol. The van der Waals surface area contributed by atoms with E-state index >= 15 is 4.79 Å². The summed E-state index contributed by atoms with van der Waals surface area (Å²) in [6.45, 7) is 12.5. The molecule has 8 rings (SSSR count). The maximum atomic E-state index is 15.1. The van der Waals surface area contributed by atoms with Crippen molar-refractivity contribution >= 4 is 5.78 Å². The van der Waals surface area contributed by atoms with Gasteiger partial charge in [0, 0.05) is 16.7 Å². The van der Waals surface area contributed by atoms with E-state index < -0.39 is 201 Å². The van der Waals surface area contributed by atoms with Gasteiger partial charge in [-0.2, -0.15) is 0 Å². The number of fused-ring (bicyclic) bond motifs is 5. The number of ketones is 1. The Morgan fingerprint density at radius 1 is 0.608 bits per heavy atom. The van der Waals surface area contributed by atoms with Crippen molar-refractivity contribution in [1.82, 2.24) is 0 Å². The van der Waals surface area contributed by atoms with E-state index in [4.69, 9.17) is 37.9 Å². The molecule has 0 aromatic rings. The highest BCUT2D eigenvalue weighted by Crippen LogP contribution is 2.74. The van der Waals surface area contributed by atoms with Gasteiger partial charge in [-0.05, 0) is 93.5 Å². The zero-order chi connectivity index (χ0) is 58.4. The first-order valence-electron chi connectivity index (χ1n) is 28.0. The van der Waals surface area contributed by atoms with E-state index in [0.717, 1.165) is 12.0 Å². The van der Waals surface area contributed by atoms with Crippen molar-refractivity contribution in [3.05, 3.63) is 11.6 Å². The minimum absolute atomic E-state index is 0.0240. The SMILES string of the molecule is C[C@H](CC[C@@H](O[C@@H]1O[C@H](CO)[C@@H](O)[C@H](O)[C@H]1O[C@@H]1O[C@H](CO)[C@@H](O)[C@H](O)[C@H]1O)C(C)(C)O)[C@H]1CC[C@@]2(C)[C@@H]3C(=O)C=C4[C@@H](CC[C@H](O[C@@H]5O[C@H](CO[C@@H]6O[C@H](CO)[C@@H](O)[C@H](O)[C@H]6O)[C@@H](O)[C@H](O)[C@H]5O)C4(C)C)[C@]3(C)[C@H](O)C[C@]12C. The molecule has 4 heterocycles. The van der Waals surface area contributed by atoms with Gasteiger partial charge in [-0.15, -0.1) is 0 Å². The number of hydrogen-bond acceptors (Lipinski definition) is 25. The zero-order valence-electron chi connectivity index (χ0n) is 46.3. The minimum Gasteiger partial charge on any atom is -0.394 e. The number of aliphatic hydroxyl groups is 16. The molecule has 16 N–H and O–H groups in total. The van der Waals surface area contributed by atoms with E-state index in [1.165, 1.54) is 13.8 Å². The molecule has 0 bridgehead atoms. The van der Waals surface area contributed by atoms with Crippen molar-refractivity contribution in [2.75, 3.05) is 26.4 Å². The second kappa shape index (κ2) is 23.7. The quantitative estimate of drug-likeness (QED) is 0.0659. The van der Waals surface area contributed by atoms with Gasteiger partial charge >= 0.3 is 0 Å². The van der Waals surface area contributed by atoms with Crippen molar-refractivity contribution in [2.45, 2.75) is 247 Å². The van der Waals surface area contributed by atoms with Crippen LogP contribution in [0, 0.1) is 45.3 Å². The van der Waals surface area contributed by atoms with Crippen molar-refractivity contribution in [3.63, 3.8) is 0 Å². The summed E-state index contributed by atoms with van der Waals surface area (Å²) in [5, 5.41) is 171. The van der Waals surface area contributed by atoms with Gasteiger partial charge in [0.2, 0.25) is 0 Å². The predicted molar refractivity (Wildman–Crippen MR) is 268 cm³/mol. The summed E-state index contributed by atoms with van der Waals surface area (Å²) in [5.74, 6) is -1.08. The maximum Gasteiger partial charge on any atom is 0.187 e. The molecule has 25 nitrogen and oxygen atoms in total. The second-order valence-electron chi connectivity index (χ2n) is 25.9. The van der Waals surface area contributed by atoms with Crippen LogP contribution in [0.4, 0.5) is 0 Å². The van der Waals surface area contributed by atoms with E-state index in [9.17, 15) is 81.7 Å². The third kappa shape index (κ3) is 11.1. The lowest BCUT2D eigenvalue weighted by Crippen LogP contribution is -2.67. The van der Waals surface area contributed by atoms with Crippen LogP contribution in [-0.4, -0.2) is 261 Å². The molecule has 456 valence electrons. The number of rotatable bonds is 17. The van der Waals surface area contributed by atoms with E-state index in [1.54, 1.807) is 6.08 Å². The fraction of sp³-hybridized carbons (Fsp3) is 0.944. The standard InChI is InChI=1S/C54H90O25/c1-21(9-11-32(51(4,5)71)78-49-44(40(67)35(62)28(19-57)75-49)79-48-43(70)38(65)34(61)27(18-56)74-48)22-13-14-52(6)45-25(58)15-24-23(54(45,8)30(59)16-53(22,52)7)10-12-31(50(24,2)3)77-47-42(69)39(66)36(63)29(76-47)20-72-46-41(68)37(64)33(60)26(17-55)73-46/h15,21-23,26-49,55-57,59-71H,9-14,16-20H2,1-8H3/t21-,22-,23-,26-,27-,28-,29-,30-,31+,32-,33-,34-,35-,36-,37+,38+,39+,40+,41-,42-,43-,44-,45+,46-,47+,48+,49+,52+,53-,54-/m1/s1. The third-order valence-corrected chi connectivity index (χ3v) is 20.5. The molecule has 79 heavy (non-hydrogen) atoms. The number of hydrogen-bond donors (Lipinski definition) is 16. The number of carbonyl (C=O) groups excluding carboxylic acids is 1. The van der Waals surface area contributed by atoms with Crippen LogP contribution in [0.3, 0.4) is 0 Å². The highest BCUT2D eigenvalue weighted by atomic mass is 16.8. The van der Waals surface area contributed by atoms with Gasteiger partial charge in [0.25, 0.3) is 0 Å². The zero-order valence-corrected chi connectivity index (χ0v) is 46.3. The first-order valence-corrected chi connectivity index (χ1v) is 28.0. The molecule has 0 unspecified atom stereocenters. The first kappa shape index (κ1) is 63.5. The van der Waals surface area contributed by atoms with Gasteiger partial charge in [-0.25, -0.2) is 0 Å². The predicted octanol–water partition coefficient (Wildman–Crippen LogP) is -4.05. The maximum absolute atomic E-state index is 15.1. The summed E-state index contributed by atoms with van der Waals surface area (Å²) in [5.41, 5.74) is -3.76. The highest BCUT2D eigenvalue weighted by Gasteiger charge is 2.72. The Balaban J connectivity index is 0.956. The molecule has 0 aromatic heterocycles. The normalized spacial score (nSPS) is 51.0. The molecule has 25 heteroatoms. The van der Waals surface area contributed by atoms with Gasteiger partial charge in [0.05, 0.1) is 50.3 Å². The van der Waals surface area contributed by atoms with Crippen LogP contribution in [0.1, 0.15) is 100 Å². The molecular weight excluding hydrogens is 1050 g/mol. The van der Waals surface area contributed by atoms with E-state index in [2.05, 4.69) is 20.8 Å². The molecule has 0 radical (unpaired) electrons. The van der Waals surface area contributed by atoms with Crippen LogP contribution < -0.4 is 0 Å². The summed E-state index contributed by atoms with van der Waals surface area (Å²) < 4.78 is 47.2.